The predicted molar refractivity (Wildman–Crippen MR) is 161 cm³/mol. The maximum atomic E-state index is 11.2. The van der Waals surface area contributed by atoms with Gasteiger partial charge in [-0.05, 0) is 110 Å². The minimum absolute atomic E-state index is 0.00946. The monoisotopic (exact) mass is 537 g/mol. The number of aryl methyl sites for hydroxylation is 1. The molecule has 0 saturated carbocycles. The first-order chi connectivity index (χ1) is 19.0. The molecule has 5 rings (SSSR count). The zero-order valence-electron chi connectivity index (χ0n) is 22.6. The van der Waals surface area contributed by atoms with Crippen molar-refractivity contribution in [2.24, 2.45) is 5.92 Å². The summed E-state index contributed by atoms with van der Waals surface area (Å²) in [6.45, 7) is 6.71. The zero-order chi connectivity index (χ0) is 27.2. The largest absolute Gasteiger partial charge is 0.489 e. The number of rotatable bonds is 9. The van der Waals surface area contributed by atoms with Gasteiger partial charge in [-0.25, -0.2) is 0 Å². The number of benzene rings is 3. The third kappa shape index (κ3) is 6.71. The molecule has 39 heavy (non-hydrogen) atoms. The Morgan fingerprint density at radius 2 is 1.82 bits per heavy atom. The van der Waals surface area contributed by atoms with E-state index in [0.717, 1.165) is 35.9 Å². The van der Waals surface area contributed by atoms with Gasteiger partial charge in [0, 0.05) is 15.6 Å². The van der Waals surface area contributed by atoms with Gasteiger partial charge in [-0.15, -0.1) is 17.3 Å². The molecule has 1 aromatic heterocycles. The molecule has 3 aromatic carbocycles. The van der Waals surface area contributed by atoms with Gasteiger partial charge in [0.1, 0.15) is 12.4 Å². The van der Waals surface area contributed by atoms with Crippen LogP contribution in [0.4, 0.5) is 0 Å². The van der Waals surface area contributed by atoms with Crippen molar-refractivity contribution in [3.8, 4) is 28.7 Å². The highest BCUT2D eigenvalue weighted by Gasteiger charge is 2.16. The molecule has 2 N–H and O–H groups in total. The number of carboxylic acid groups (broad SMARTS) is 1. The Kier molecular flexibility index (Phi) is 8.66. The smallest absolute Gasteiger partial charge is 0.304 e. The number of fused-ring (bicyclic) bond motifs is 1. The third-order valence-corrected chi connectivity index (χ3v) is 8.55. The lowest BCUT2D eigenvalue weighted by Gasteiger charge is -2.23. The van der Waals surface area contributed by atoms with Crippen LogP contribution in [0.1, 0.15) is 54.4 Å². The van der Waals surface area contributed by atoms with Crippen LogP contribution in [0.5, 0.6) is 5.75 Å². The molecular weight excluding hydrogens is 502 g/mol. The van der Waals surface area contributed by atoms with E-state index >= 15 is 0 Å². The second-order valence-corrected chi connectivity index (χ2v) is 11.3. The SMILES string of the molecule is CC#CC(CC(=O)O)c1ccc(OCc2ccc3scc(-c4ccc(CC5CCNCC5)cc4C)c3c2)cc1. The van der Waals surface area contributed by atoms with Crippen molar-refractivity contribution in [1.82, 2.24) is 5.32 Å². The van der Waals surface area contributed by atoms with Crippen molar-refractivity contribution < 1.29 is 14.6 Å². The lowest BCUT2D eigenvalue weighted by Crippen LogP contribution is -2.28. The van der Waals surface area contributed by atoms with Crippen LogP contribution in [0.15, 0.2) is 66.0 Å². The van der Waals surface area contributed by atoms with E-state index in [1.54, 1.807) is 18.3 Å². The van der Waals surface area contributed by atoms with Crippen molar-refractivity contribution in [1.29, 1.82) is 0 Å². The van der Waals surface area contributed by atoms with Crippen molar-refractivity contribution in [2.45, 2.75) is 52.1 Å². The first-order valence-corrected chi connectivity index (χ1v) is 14.6. The first-order valence-electron chi connectivity index (χ1n) is 13.7. The Morgan fingerprint density at radius 1 is 1.05 bits per heavy atom. The number of hydrogen-bond acceptors (Lipinski definition) is 4. The minimum Gasteiger partial charge on any atom is -0.489 e. The number of carbonyl (C=O) groups is 1. The summed E-state index contributed by atoms with van der Waals surface area (Å²) in [4.78, 5) is 11.2. The molecule has 1 atom stereocenters. The average Bonchev–Trinajstić information content (AvgIpc) is 3.35. The summed E-state index contributed by atoms with van der Waals surface area (Å²) in [6, 6.07) is 21.2. The number of nitrogens with one attached hydrogen (secondary N) is 1. The Labute approximate surface area is 235 Å². The highest BCUT2D eigenvalue weighted by atomic mass is 32.1. The summed E-state index contributed by atoms with van der Waals surface area (Å²) in [7, 11) is 0. The number of aliphatic carboxylic acids is 1. The normalized spacial score (nSPS) is 14.5. The second kappa shape index (κ2) is 12.5. The molecule has 1 saturated heterocycles. The first kappa shape index (κ1) is 27.0. The molecule has 5 heteroatoms. The summed E-state index contributed by atoms with van der Waals surface area (Å²) in [5.74, 6) is 6.20. The van der Waals surface area contributed by atoms with Crippen LogP contribution < -0.4 is 10.1 Å². The lowest BCUT2D eigenvalue weighted by molar-refractivity contribution is -0.137. The van der Waals surface area contributed by atoms with Crippen molar-refractivity contribution in [3.05, 3.63) is 88.3 Å². The standard InChI is InChI=1S/C34H35NO3S/c1-3-4-28(20-34(36)37)27-7-9-29(10-8-27)38-21-26-6-12-33-31(19-26)32(22-39-33)30-11-5-25(17-23(30)2)18-24-13-15-35-16-14-24/h5-12,17,19,22,24,28,35H,13-16,18,20-21H2,1-2H3,(H,36,37). The third-order valence-electron chi connectivity index (χ3n) is 7.59. The van der Waals surface area contributed by atoms with Gasteiger partial charge in [0.25, 0.3) is 0 Å². The number of hydrogen-bond donors (Lipinski definition) is 2. The highest BCUT2D eigenvalue weighted by Crippen LogP contribution is 2.37. The Hall–Kier alpha value is -3.59. The van der Waals surface area contributed by atoms with Crippen molar-refractivity contribution in [2.75, 3.05) is 13.1 Å². The van der Waals surface area contributed by atoms with E-state index in [4.69, 9.17) is 4.74 Å². The van der Waals surface area contributed by atoms with Crippen LogP contribution in [-0.2, 0) is 17.8 Å². The maximum absolute atomic E-state index is 11.2. The van der Waals surface area contributed by atoms with E-state index < -0.39 is 5.97 Å². The fourth-order valence-electron chi connectivity index (χ4n) is 5.51. The van der Waals surface area contributed by atoms with E-state index in [1.165, 1.54) is 51.6 Å². The van der Waals surface area contributed by atoms with E-state index in [0.29, 0.717) is 6.61 Å². The summed E-state index contributed by atoms with van der Waals surface area (Å²) >= 11 is 1.79. The number of thiophene rings is 1. The van der Waals surface area contributed by atoms with E-state index in [-0.39, 0.29) is 12.3 Å². The summed E-state index contributed by atoms with van der Waals surface area (Å²) in [5, 5.41) is 16.2. The van der Waals surface area contributed by atoms with Gasteiger partial charge in [0.2, 0.25) is 0 Å². The molecule has 2 heterocycles. The molecule has 0 aliphatic carbocycles. The zero-order valence-corrected chi connectivity index (χ0v) is 23.4. The van der Waals surface area contributed by atoms with Gasteiger partial charge in [-0.2, -0.15) is 0 Å². The molecule has 1 unspecified atom stereocenters. The maximum Gasteiger partial charge on any atom is 0.304 e. The molecule has 1 aliphatic rings. The Bertz CT molecular complexity index is 1500. The van der Waals surface area contributed by atoms with Crippen LogP contribution in [0, 0.1) is 24.7 Å². The summed E-state index contributed by atoms with van der Waals surface area (Å²) in [6.07, 6.45) is 3.69. The molecular formula is C34H35NO3S. The van der Waals surface area contributed by atoms with Gasteiger partial charge in [-0.1, -0.05) is 42.3 Å². The Balaban J connectivity index is 1.29. The predicted octanol–water partition coefficient (Wildman–Crippen LogP) is 7.58. The topological polar surface area (TPSA) is 58.6 Å². The molecule has 1 aliphatic heterocycles. The highest BCUT2D eigenvalue weighted by molar-refractivity contribution is 7.17. The van der Waals surface area contributed by atoms with Gasteiger partial charge in [0.15, 0.2) is 0 Å². The van der Waals surface area contributed by atoms with E-state index in [9.17, 15) is 9.90 Å². The summed E-state index contributed by atoms with van der Waals surface area (Å²) in [5.41, 5.74) is 7.37. The molecule has 0 spiro atoms. The molecule has 1 fully saturated rings. The number of piperidine rings is 1. The Morgan fingerprint density at radius 3 is 2.54 bits per heavy atom. The van der Waals surface area contributed by atoms with Gasteiger partial charge in [0.05, 0.1) is 12.3 Å². The molecule has 200 valence electrons. The molecule has 4 nitrogen and oxygen atoms in total. The minimum atomic E-state index is -0.852. The second-order valence-electron chi connectivity index (χ2n) is 10.4. The molecule has 0 amide bonds. The van der Waals surface area contributed by atoms with Gasteiger partial charge >= 0.3 is 5.97 Å². The average molecular weight is 538 g/mol. The van der Waals surface area contributed by atoms with Crippen molar-refractivity contribution in [3.63, 3.8) is 0 Å². The van der Waals surface area contributed by atoms with Gasteiger partial charge < -0.3 is 15.2 Å². The van der Waals surface area contributed by atoms with Crippen LogP contribution in [0.2, 0.25) is 0 Å². The molecule has 4 aromatic rings. The van der Waals surface area contributed by atoms with E-state index in [2.05, 4.69) is 65.9 Å². The van der Waals surface area contributed by atoms with Crippen LogP contribution >= 0.6 is 11.3 Å². The fourth-order valence-corrected chi connectivity index (χ4v) is 6.45. The van der Waals surface area contributed by atoms with E-state index in [1.807, 2.05) is 24.3 Å². The van der Waals surface area contributed by atoms with Crippen LogP contribution in [0.3, 0.4) is 0 Å². The summed E-state index contributed by atoms with van der Waals surface area (Å²) < 4.78 is 7.37. The van der Waals surface area contributed by atoms with Crippen LogP contribution in [-0.4, -0.2) is 24.2 Å². The van der Waals surface area contributed by atoms with Crippen LogP contribution in [0.25, 0.3) is 21.2 Å². The van der Waals surface area contributed by atoms with Crippen molar-refractivity contribution >= 4 is 27.4 Å². The van der Waals surface area contributed by atoms with Gasteiger partial charge in [-0.3, -0.25) is 4.79 Å². The lowest BCUT2D eigenvalue weighted by atomic mass is 9.89. The molecule has 0 bridgehead atoms. The number of carboxylic acids is 1. The quantitative estimate of drug-likeness (QED) is 0.216. The number of ether oxygens (including phenoxy) is 1. The molecule has 0 radical (unpaired) electrons. The fraction of sp³-hybridized carbons (Fsp3) is 0.324.